The van der Waals surface area contributed by atoms with Crippen molar-refractivity contribution in [3.05, 3.63) is 22.4 Å². The molecule has 1 amide bonds. The molecule has 3 nitrogen and oxygen atoms in total. The van der Waals surface area contributed by atoms with E-state index in [4.69, 9.17) is 0 Å². The van der Waals surface area contributed by atoms with Gasteiger partial charge in [0.25, 0.3) is 0 Å². The van der Waals surface area contributed by atoms with E-state index in [9.17, 15) is 4.79 Å². The van der Waals surface area contributed by atoms with Crippen molar-refractivity contribution in [2.45, 2.75) is 31.7 Å². The molecule has 1 aliphatic rings. The molecule has 5 heteroatoms. The van der Waals surface area contributed by atoms with Crippen LogP contribution in [-0.2, 0) is 11.2 Å². The van der Waals surface area contributed by atoms with E-state index in [0.29, 0.717) is 12.5 Å². The topological polar surface area (TPSA) is 41.1 Å². The van der Waals surface area contributed by atoms with Crippen molar-refractivity contribution >= 4 is 29.7 Å². The van der Waals surface area contributed by atoms with E-state index in [-0.39, 0.29) is 18.3 Å². The standard InChI is InChI=1S/C12H18N2OS.ClH/c15-12(2-1-10-5-8-16-9-10)14-11-3-6-13-7-4-11;/h5,8-9,11,13H,1-4,6-7H2,(H,14,15);1H. The highest BCUT2D eigenvalue weighted by atomic mass is 35.5. The average molecular weight is 275 g/mol. The van der Waals surface area contributed by atoms with Crippen LogP contribution in [0.1, 0.15) is 24.8 Å². The van der Waals surface area contributed by atoms with E-state index in [1.54, 1.807) is 11.3 Å². The van der Waals surface area contributed by atoms with E-state index in [1.807, 2.05) is 0 Å². The summed E-state index contributed by atoms with van der Waals surface area (Å²) < 4.78 is 0. The number of rotatable bonds is 4. The lowest BCUT2D eigenvalue weighted by Gasteiger charge is -2.23. The molecule has 0 bridgehead atoms. The minimum atomic E-state index is 0. The van der Waals surface area contributed by atoms with Gasteiger partial charge in [-0.3, -0.25) is 4.79 Å². The molecule has 1 aromatic rings. The number of nitrogens with one attached hydrogen (secondary N) is 2. The monoisotopic (exact) mass is 274 g/mol. The predicted octanol–water partition coefficient (Wildman–Crippen LogP) is 1.97. The van der Waals surface area contributed by atoms with E-state index in [0.717, 1.165) is 32.4 Å². The number of hydrogen-bond donors (Lipinski definition) is 2. The summed E-state index contributed by atoms with van der Waals surface area (Å²) in [4.78, 5) is 11.7. The maximum Gasteiger partial charge on any atom is 0.220 e. The second-order valence-corrected chi connectivity index (χ2v) is 5.00. The molecular formula is C12H19ClN2OS. The third-order valence-electron chi connectivity index (χ3n) is 2.93. The minimum absolute atomic E-state index is 0. The normalized spacial score (nSPS) is 16.2. The Morgan fingerprint density at radius 2 is 2.24 bits per heavy atom. The second kappa shape index (κ2) is 7.69. The maximum atomic E-state index is 11.7. The van der Waals surface area contributed by atoms with Gasteiger partial charge in [0.2, 0.25) is 5.91 Å². The Morgan fingerprint density at radius 1 is 1.47 bits per heavy atom. The molecule has 0 saturated carbocycles. The fourth-order valence-corrected chi connectivity index (χ4v) is 2.66. The molecule has 0 unspecified atom stereocenters. The molecule has 0 atom stereocenters. The number of piperidine rings is 1. The Bertz CT molecular complexity index is 323. The van der Waals surface area contributed by atoms with Gasteiger partial charge >= 0.3 is 0 Å². The first kappa shape index (κ1) is 14.5. The number of carbonyl (C=O) groups excluding carboxylic acids is 1. The summed E-state index contributed by atoms with van der Waals surface area (Å²) in [6.07, 6.45) is 3.59. The number of halogens is 1. The van der Waals surface area contributed by atoms with Gasteiger partial charge in [0.1, 0.15) is 0 Å². The average Bonchev–Trinajstić information content (AvgIpc) is 2.81. The molecule has 1 aliphatic heterocycles. The second-order valence-electron chi connectivity index (χ2n) is 4.22. The van der Waals surface area contributed by atoms with Gasteiger partial charge in [0.05, 0.1) is 0 Å². The van der Waals surface area contributed by atoms with Crippen LogP contribution in [0.15, 0.2) is 16.8 Å². The van der Waals surface area contributed by atoms with Gasteiger partial charge in [-0.05, 0) is 54.7 Å². The van der Waals surface area contributed by atoms with Crippen LogP contribution in [0.25, 0.3) is 0 Å². The summed E-state index contributed by atoms with van der Waals surface area (Å²) in [5.41, 5.74) is 1.27. The molecule has 96 valence electrons. The summed E-state index contributed by atoms with van der Waals surface area (Å²) in [7, 11) is 0. The van der Waals surface area contributed by atoms with Crippen LogP contribution >= 0.6 is 23.7 Å². The zero-order chi connectivity index (χ0) is 11.2. The lowest BCUT2D eigenvalue weighted by atomic mass is 10.1. The summed E-state index contributed by atoms with van der Waals surface area (Å²) >= 11 is 1.69. The van der Waals surface area contributed by atoms with E-state index in [2.05, 4.69) is 27.5 Å². The molecular weight excluding hydrogens is 256 g/mol. The molecule has 0 spiro atoms. The highest BCUT2D eigenvalue weighted by Gasteiger charge is 2.14. The lowest BCUT2D eigenvalue weighted by Crippen LogP contribution is -2.42. The van der Waals surface area contributed by atoms with Gasteiger partial charge in [0.15, 0.2) is 0 Å². The van der Waals surface area contributed by atoms with E-state index < -0.39 is 0 Å². The largest absolute Gasteiger partial charge is 0.353 e. The molecule has 1 saturated heterocycles. The number of thiophene rings is 1. The molecule has 1 fully saturated rings. The van der Waals surface area contributed by atoms with Crippen LogP contribution in [-0.4, -0.2) is 25.0 Å². The Labute approximate surface area is 112 Å². The number of hydrogen-bond acceptors (Lipinski definition) is 3. The van der Waals surface area contributed by atoms with Gasteiger partial charge in [0, 0.05) is 12.5 Å². The Hall–Kier alpha value is -0.580. The van der Waals surface area contributed by atoms with Gasteiger partial charge in [-0.15, -0.1) is 12.4 Å². The van der Waals surface area contributed by atoms with Crippen molar-refractivity contribution in [1.82, 2.24) is 10.6 Å². The number of amides is 1. The third-order valence-corrected chi connectivity index (χ3v) is 3.66. The first-order valence-electron chi connectivity index (χ1n) is 5.86. The molecule has 2 rings (SSSR count). The van der Waals surface area contributed by atoms with Crippen molar-refractivity contribution in [3.63, 3.8) is 0 Å². The highest BCUT2D eigenvalue weighted by Crippen LogP contribution is 2.09. The number of carbonyl (C=O) groups is 1. The molecule has 0 aromatic carbocycles. The number of aryl methyl sites for hydroxylation is 1. The van der Waals surface area contributed by atoms with Gasteiger partial charge in [-0.25, -0.2) is 0 Å². The minimum Gasteiger partial charge on any atom is -0.353 e. The fourth-order valence-electron chi connectivity index (χ4n) is 1.96. The van der Waals surface area contributed by atoms with Crippen molar-refractivity contribution in [2.75, 3.05) is 13.1 Å². The molecule has 2 heterocycles. The summed E-state index contributed by atoms with van der Waals surface area (Å²) in [6.45, 7) is 2.05. The summed E-state index contributed by atoms with van der Waals surface area (Å²) in [5, 5.41) is 10.6. The van der Waals surface area contributed by atoms with Crippen LogP contribution in [0, 0.1) is 0 Å². The van der Waals surface area contributed by atoms with Crippen molar-refractivity contribution in [3.8, 4) is 0 Å². The van der Waals surface area contributed by atoms with Crippen molar-refractivity contribution < 1.29 is 4.79 Å². The first-order valence-corrected chi connectivity index (χ1v) is 6.80. The summed E-state index contributed by atoms with van der Waals surface area (Å²) in [6, 6.07) is 2.47. The van der Waals surface area contributed by atoms with Gasteiger partial charge in [-0.2, -0.15) is 11.3 Å². The van der Waals surface area contributed by atoms with Crippen LogP contribution in [0.5, 0.6) is 0 Å². The Morgan fingerprint density at radius 3 is 2.88 bits per heavy atom. The zero-order valence-corrected chi connectivity index (χ0v) is 11.4. The summed E-state index contributed by atoms with van der Waals surface area (Å²) in [5.74, 6) is 0.193. The zero-order valence-electron chi connectivity index (χ0n) is 9.78. The highest BCUT2D eigenvalue weighted by molar-refractivity contribution is 7.07. The SMILES string of the molecule is Cl.O=C(CCc1ccsc1)NC1CCNCC1. The first-order chi connectivity index (χ1) is 7.84. The smallest absolute Gasteiger partial charge is 0.220 e. The van der Waals surface area contributed by atoms with Crippen molar-refractivity contribution in [2.24, 2.45) is 0 Å². The molecule has 1 aromatic heterocycles. The third kappa shape index (κ3) is 5.06. The van der Waals surface area contributed by atoms with E-state index in [1.165, 1.54) is 5.56 Å². The van der Waals surface area contributed by atoms with Crippen LogP contribution in [0.3, 0.4) is 0 Å². The van der Waals surface area contributed by atoms with Gasteiger partial charge in [-0.1, -0.05) is 0 Å². The molecule has 2 N–H and O–H groups in total. The quantitative estimate of drug-likeness (QED) is 0.881. The molecule has 17 heavy (non-hydrogen) atoms. The molecule has 0 aliphatic carbocycles. The predicted molar refractivity (Wildman–Crippen MR) is 73.9 cm³/mol. The van der Waals surface area contributed by atoms with Gasteiger partial charge < -0.3 is 10.6 Å². The van der Waals surface area contributed by atoms with Crippen molar-refractivity contribution in [1.29, 1.82) is 0 Å². The van der Waals surface area contributed by atoms with Crippen LogP contribution in [0.4, 0.5) is 0 Å². The molecule has 0 radical (unpaired) electrons. The Kier molecular flexibility index (Phi) is 6.55. The maximum absolute atomic E-state index is 11.7. The van der Waals surface area contributed by atoms with E-state index >= 15 is 0 Å². The lowest BCUT2D eigenvalue weighted by molar-refractivity contribution is -0.121. The Balaban J connectivity index is 0.00000144. The fraction of sp³-hybridized carbons (Fsp3) is 0.583. The van der Waals surface area contributed by atoms with Crippen LogP contribution in [0.2, 0.25) is 0 Å². The van der Waals surface area contributed by atoms with Crippen LogP contribution < -0.4 is 10.6 Å².